The number of halogens is 1. The van der Waals surface area contributed by atoms with Crippen LogP contribution in [-0.2, 0) is 6.42 Å². The summed E-state index contributed by atoms with van der Waals surface area (Å²) in [4.78, 5) is 0. The van der Waals surface area contributed by atoms with E-state index in [4.69, 9.17) is 4.74 Å². The van der Waals surface area contributed by atoms with Gasteiger partial charge >= 0.3 is 0 Å². The Hall–Kier alpha value is -2.03. The molecule has 0 aliphatic rings. The van der Waals surface area contributed by atoms with E-state index in [9.17, 15) is 4.39 Å². The molecule has 0 amide bonds. The van der Waals surface area contributed by atoms with E-state index in [0.717, 1.165) is 18.5 Å². The summed E-state index contributed by atoms with van der Waals surface area (Å²) >= 11 is 0. The van der Waals surface area contributed by atoms with Crippen LogP contribution in [0.25, 0.3) is 0 Å². The lowest BCUT2D eigenvalue weighted by Crippen LogP contribution is -2.10. The van der Waals surface area contributed by atoms with Gasteiger partial charge in [0, 0.05) is 17.3 Å². The average Bonchev–Trinajstić information content (AvgIpc) is 2.49. The first kappa shape index (κ1) is 15.4. The fourth-order valence-electron chi connectivity index (χ4n) is 2.45. The van der Waals surface area contributed by atoms with Gasteiger partial charge in [0.05, 0.1) is 13.2 Å². The molecule has 0 aliphatic carbocycles. The molecule has 0 heterocycles. The lowest BCUT2D eigenvalue weighted by atomic mass is 10.0. The van der Waals surface area contributed by atoms with E-state index < -0.39 is 0 Å². The summed E-state index contributed by atoms with van der Waals surface area (Å²) in [6, 6.07) is 13.1. The molecule has 0 saturated carbocycles. The smallest absolute Gasteiger partial charge is 0.132 e. The van der Waals surface area contributed by atoms with E-state index in [1.807, 2.05) is 25.1 Å². The summed E-state index contributed by atoms with van der Waals surface area (Å²) in [5, 5.41) is 3.41. The minimum atomic E-state index is -0.248. The van der Waals surface area contributed by atoms with Gasteiger partial charge in [-0.25, -0.2) is 4.39 Å². The number of para-hydroxylation sites is 1. The third-order valence-corrected chi connectivity index (χ3v) is 3.58. The Labute approximate surface area is 126 Å². The molecule has 0 bridgehead atoms. The van der Waals surface area contributed by atoms with Gasteiger partial charge in [-0.15, -0.1) is 0 Å². The van der Waals surface area contributed by atoms with Crippen molar-refractivity contribution in [3.63, 3.8) is 0 Å². The van der Waals surface area contributed by atoms with Crippen LogP contribution in [0.4, 0.5) is 10.1 Å². The van der Waals surface area contributed by atoms with Crippen molar-refractivity contribution in [3.8, 4) is 5.75 Å². The van der Waals surface area contributed by atoms with Crippen LogP contribution in [0.1, 0.15) is 37.4 Å². The van der Waals surface area contributed by atoms with Crippen molar-refractivity contribution >= 4 is 5.69 Å². The number of anilines is 1. The molecule has 0 aliphatic heterocycles. The molecule has 21 heavy (non-hydrogen) atoms. The van der Waals surface area contributed by atoms with Gasteiger partial charge in [0.1, 0.15) is 11.6 Å². The van der Waals surface area contributed by atoms with E-state index >= 15 is 0 Å². The number of hydrogen-bond donors (Lipinski definition) is 1. The van der Waals surface area contributed by atoms with Crippen LogP contribution >= 0.6 is 0 Å². The van der Waals surface area contributed by atoms with E-state index in [2.05, 4.69) is 18.3 Å². The predicted molar refractivity (Wildman–Crippen MR) is 85.4 cm³/mol. The van der Waals surface area contributed by atoms with Crippen LogP contribution < -0.4 is 10.1 Å². The Kier molecular flexibility index (Phi) is 5.20. The van der Waals surface area contributed by atoms with Crippen molar-refractivity contribution in [2.24, 2.45) is 0 Å². The first-order valence-electron chi connectivity index (χ1n) is 7.33. The molecule has 112 valence electrons. The fraction of sp³-hybridized carbons (Fsp3) is 0.333. The second kappa shape index (κ2) is 7.11. The highest BCUT2D eigenvalue weighted by Gasteiger charge is 2.13. The van der Waals surface area contributed by atoms with E-state index in [-0.39, 0.29) is 11.9 Å². The topological polar surface area (TPSA) is 21.3 Å². The van der Waals surface area contributed by atoms with Gasteiger partial charge in [0.25, 0.3) is 0 Å². The minimum absolute atomic E-state index is 0.103. The molecule has 2 aromatic rings. The van der Waals surface area contributed by atoms with Gasteiger partial charge in [-0.3, -0.25) is 0 Å². The maximum Gasteiger partial charge on any atom is 0.132 e. The largest absolute Gasteiger partial charge is 0.497 e. The number of hydrogen-bond acceptors (Lipinski definition) is 2. The van der Waals surface area contributed by atoms with Crippen molar-refractivity contribution in [1.29, 1.82) is 0 Å². The molecule has 1 N–H and O–H groups in total. The van der Waals surface area contributed by atoms with Gasteiger partial charge < -0.3 is 10.1 Å². The third kappa shape index (κ3) is 3.75. The zero-order valence-corrected chi connectivity index (χ0v) is 12.8. The number of ether oxygens (including phenoxy) is 1. The van der Waals surface area contributed by atoms with E-state index in [0.29, 0.717) is 11.3 Å². The molecule has 0 aromatic heterocycles. The molecular weight excluding hydrogens is 265 g/mol. The lowest BCUT2D eigenvalue weighted by Gasteiger charge is -2.19. The number of aryl methyl sites for hydroxylation is 1. The van der Waals surface area contributed by atoms with Crippen LogP contribution in [0.2, 0.25) is 0 Å². The first-order chi connectivity index (χ1) is 10.2. The van der Waals surface area contributed by atoms with Gasteiger partial charge in [0.2, 0.25) is 0 Å². The van der Waals surface area contributed by atoms with Gasteiger partial charge in [-0.1, -0.05) is 37.6 Å². The van der Waals surface area contributed by atoms with Crippen molar-refractivity contribution in [2.75, 3.05) is 12.4 Å². The van der Waals surface area contributed by atoms with Gasteiger partial charge in [0.15, 0.2) is 0 Å². The second-order valence-electron chi connectivity index (χ2n) is 5.16. The number of benzene rings is 2. The normalized spacial score (nSPS) is 12.0. The maximum atomic E-state index is 14.1. The molecule has 2 nitrogen and oxygen atoms in total. The molecule has 0 spiro atoms. The molecule has 3 heteroatoms. The van der Waals surface area contributed by atoms with E-state index in [1.54, 1.807) is 12.1 Å². The molecule has 0 radical (unpaired) electrons. The quantitative estimate of drug-likeness (QED) is 0.810. The number of rotatable bonds is 6. The Morgan fingerprint density at radius 3 is 2.62 bits per heavy atom. The summed E-state index contributed by atoms with van der Waals surface area (Å²) < 4.78 is 19.2. The Bertz CT molecular complexity index is 598. The van der Waals surface area contributed by atoms with Crippen molar-refractivity contribution < 1.29 is 9.13 Å². The van der Waals surface area contributed by atoms with Crippen LogP contribution in [-0.4, -0.2) is 7.11 Å². The predicted octanol–water partition coefficient (Wildman–Crippen LogP) is 4.96. The molecule has 0 saturated heterocycles. The monoisotopic (exact) mass is 287 g/mol. The molecule has 2 rings (SSSR count). The Balaban J connectivity index is 2.20. The summed E-state index contributed by atoms with van der Waals surface area (Å²) in [6.07, 6.45) is 2.10. The van der Waals surface area contributed by atoms with Gasteiger partial charge in [-0.2, -0.15) is 0 Å². The van der Waals surface area contributed by atoms with Crippen LogP contribution in [0.5, 0.6) is 5.75 Å². The highest BCUT2D eigenvalue weighted by atomic mass is 19.1. The molecular formula is C18H22FNO. The van der Waals surface area contributed by atoms with Crippen molar-refractivity contribution in [2.45, 2.75) is 32.7 Å². The highest BCUT2D eigenvalue weighted by molar-refractivity contribution is 5.53. The van der Waals surface area contributed by atoms with Crippen LogP contribution in [0.15, 0.2) is 42.5 Å². The average molecular weight is 287 g/mol. The maximum absolute atomic E-state index is 14.1. The summed E-state index contributed by atoms with van der Waals surface area (Å²) in [6.45, 7) is 4.12. The second-order valence-corrected chi connectivity index (χ2v) is 5.16. The van der Waals surface area contributed by atoms with Crippen molar-refractivity contribution in [3.05, 3.63) is 59.4 Å². The zero-order valence-electron chi connectivity index (χ0n) is 12.8. The van der Waals surface area contributed by atoms with Crippen molar-refractivity contribution in [1.82, 2.24) is 0 Å². The molecule has 2 aromatic carbocycles. The third-order valence-electron chi connectivity index (χ3n) is 3.58. The Morgan fingerprint density at radius 2 is 1.95 bits per heavy atom. The van der Waals surface area contributed by atoms with Crippen LogP contribution in [0.3, 0.4) is 0 Å². The minimum Gasteiger partial charge on any atom is -0.497 e. The Morgan fingerprint density at radius 1 is 1.19 bits per heavy atom. The standard InChI is InChI=1S/C18H22FNO/c1-4-7-14-8-5-6-9-18(14)20-13(2)16-11-10-15(21-3)12-17(16)19/h5-6,8-13,20H,4,7H2,1-3H3. The zero-order chi connectivity index (χ0) is 15.2. The van der Waals surface area contributed by atoms with Gasteiger partial charge in [-0.05, 0) is 31.0 Å². The molecule has 0 fully saturated rings. The summed E-state index contributed by atoms with van der Waals surface area (Å²) in [5.41, 5.74) is 2.98. The summed E-state index contributed by atoms with van der Waals surface area (Å²) in [7, 11) is 1.54. The molecule has 1 atom stereocenters. The van der Waals surface area contributed by atoms with Crippen LogP contribution in [0, 0.1) is 5.82 Å². The molecule has 1 unspecified atom stereocenters. The lowest BCUT2D eigenvalue weighted by molar-refractivity contribution is 0.410. The fourth-order valence-corrected chi connectivity index (χ4v) is 2.45. The first-order valence-corrected chi connectivity index (χ1v) is 7.33. The van der Waals surface area contributed by atoms with E-state index in [1.165, 1.54) is 18.7 Å². The number of nitrogens with one attached hydrogen (secondary N) is 1. The summed E-state index contributed by atoms with van der Waals surface area (Å²) in [5.74, 6) is 0.289. The number of methoxy groups -OCH3 is 1. The highest BCUT2D eigenvalue weighted by Crippen LogP contribution is 2.26. The SMILES string of the molecule is CCCc1ccccc1NC(C)c1ccc(OC)cc1F.